The van der Waals surface area contributed by atoms with Crippen LogP contribution in [-0.2, 0) is 4.79 Å². The van der Waals surface area contributed by atoms with Crippen molar-refractivity contribution in [2.75, 3.05) is 0 Å². The summed E-state index contributed by atoms with van der Waals surface area (Å²) in [5, 5.41) is 0.953. The first-order chi connectivity index (χ1) is 7.59. The van der Waals surface area contributed by atoms with Crippen molar-refractivity contribution in [2.24, 2.45) is 11.5 Å². The molecule has 1 aromatic carbocycles. The molecule has 4 nitrogen and oxygen atoms in total. The minimum absolute atomic E-state index is 0.129. The number of furan rings is 1. The molecule has 0 saturated heterocycles. The number of hydrogen-bond acceptors (Lipinski definition) is 3. The number of benzene rings is 1. The van der Waals surface area contributed by atoms with Crippen LogP contribution in [0.5, 0.6) is 0 Å². The molecule has 84 valence electrons. The summed E-state index contributed by atoms with van der Waals surface area (Å²) in [6.45, 7) is 1.84. The van der Waals surface area contributed by atoms with E-state index in [1.54, 1.807) is 0 Å². The molecule has 1 unspecified atom stereocenters. The topological polar surface area (TPSA) is 82.2 Å². The van der Waals surface area contributed by atoms with Gasteiger partial charge < -0.3 is 15.9 Å². The summed E-state index contributed by atoms with van der Waals surface area (Å²) in [7, 11) is 0. The van der Waals surface area contributed by atoms with Crippen LogP contribution in [0.3, 0.4) is 0 Å². The lowest BCUT2D eigenvalue weighted by molar-refractivity contribution is -0.118. The summed E-state index contributed by atoms with van der Waals surface area (Å²) >= 11 is 0. The van der Waals surface area contributed by atoms with Gasteiger partial charge in [-0.25, -0.2) is 0 Å². The number of primary amides is 1. The van der Waals surface area contributed by atoms with Gasteiger partial charge in [0, 0.05) is 23.4 Å². The van der Waals surface area contributed by atoms with Crippen LogP contribution in [-0.4, -0.2) is 5.91 Å². The molecule has 0 aliphatic carbocycles. The van der Waals surface area contributed by atoms with E-state index < -0.39 is 11.9 Å². The molecule has 2 aromatic rings. The Balaban J connectivity index is 2.50. The van der Waals surface area contributed by atoms with Gasteiger partial charge in [0.2, 0.25) is 5.91 Å². The molecule has 0 saturated carbocycles. The van der Waals surface area contributed by atoms with E-state index >= 15 is 0 Å². The van der Waals surface area contributed by atoms with Crippen LogP contribution in [0, 0.1) is 6.92 Å². The Morgan fingerprint density at radius 3 is 2.81 bits per heavy atom. The van der Waals surface area contributed by atoms with Crippen LogP contribution in [0.2, 0.25) is 0 Å². The van der Waals surface area contributed by atoms with E-state index in [0.717, 1.165) is 22.3 Å². The standard InChI is InChI=1S/C12H14N2O2/c1-7-12(9(13)6-11(14)15)8-4-2-3-5-10(8)16-7/h2-5,9H,6,13H2,1H3,(H2,14,15). The van der Waals surface area contributed by atoms with Gasteiger partial charge in [0.05, 0.1) is 0 Å². The molecule has 4 N–H and O–H groups in total. The van der Waals surface area contributed by atoms with Gasteiger partial charge in [0.15, 0.2) is 0 Å². The highest BCUT2D eigenvalue weighted by Gasteiger charge is 2.18. The number of rotatable bonds is 3. The van der Waals surface area contributed by atoms with Gasteiger partial charge in [0.25, 0.3) is 0 Å². The van der Waals surface area contributed by atoms with Crippen molar-refractivity contribution in [1.82, 2.24) is 0 Å². The summed E-state index contributed by atoms with van der Waals surface area (Å²) in [4.78, 5) is 10.9. The zero-order valence-electron chi connectivity index (χ0n) is 9.07. The van der Waals surface area contributed by atoms with E-state index in [-0.39, 0.29) is 6.42 Å². The predicted molar refractivity (Wildman–Crippen MR) is 61.7 cm³/mol. The number of carbonyl (C=O) groups is 1. The van der Waals surface area contributed by atoms with E-state index in [9.17, 15) is 4.79 Å². The Hall–Kier alpha value is -1.81. The second-order valence-corrected chi connectivity index (χ2v) is 3.85. The van der Waals surface area contributed by atoms with Gasteiger partial charge in [-0.15, -0.1) is 0 Å². The number of carbonyl (C=O) groups excluding carboxylic acids is 1. The molecular formula is C12H14N2O2. The molecule has 1 atom stereocenters. The van der Waals surface area contributed by atoms with E-state index in [1.165, 1.54) is 0 Å². The fourth-order valence-electron chi connectivity index (χ4n) is 1.97. The van der Waals surface area contributed by atoms with Crippen molar-refractivity contribution in [3.63, 3.8) is 0 Å². The Morgan fingerprint density at radius 1 is 1.44 bits per heavy atom. The van der Waals surface area contributed by atoms with Crippen LogP contribution in [0.1, 0.15) is 23.8 Å². The van der Waals surface area contributed by atoms with Gasteiger partial charge in [-0.2, -0.15) is 0 Å². The lowest BCUT2D eigenvalue weighted by atomic mass is 10.0. The monoisotopic (exact) mass is 218 g/mol. The molecule has 0 spiro atoms. The van der Waals surface area contributed by atoms with E-state index in [4.69, 9.17) is 15.9 Å². The number of fused-ring (bicyclic) bond motifs is 1. The molecule has 16 heavy (non-hydrogen) atoms. The van der Waals surface area contributed by atoms with E-state index in [0.29, 0.717) is 0 Å². The first-order valence-electron chi connectivity index (χ1n) is 5.11. The fourth-order valence-corrected chi connectivity index (χ4v) is 1.97. The second kappa shape index (κ2) is 3.98. The second-order valence-electron chi connectivity index (χ2n) is 3.85. The maximum atomic E-state index is 10.9. The van der Waals surface area contributed by atoms with Crippen LogP contribution in [0.25, 0.3) is 11.0 Å². The third kappa shape index (κ3) is 1.79. The van der Waals surface area contributed by atoms with Crippen LogP contribution in [0.15, 0.2) is 28.7 Å². The average molecular weight is 218 g/mol. The van der Waals surface area contributed by atoms with Crippen molar-refractivity contribution in [3.8, 4) is 0 Å². The summed E-state index contributed by atoms with van der Waals surface area (Å²) in [5.74, 6) is 0.340. The fraction of sp³-hybridized carbons (Fsp3) is 0.250. The van der Waals surface area contributed by atoms with Crippen molar-refractivity contribution in [3.05, 3.63) is 35.6 Å². The quantitative estimate of drug-likeness (QED) is 0.821. The number of nitrogens with two attached hydrogens (primary N) is 2. The van der Waals surface area contributed by atoms with Gasteiger partial charge in [-0.1, -0.05) is 18.2 Å². The smallest absolute Gasteiger partial charge is 0.219 e. The van der Waals surface area contributed by atoms with Gasteiger partial charge in [-0.05, 0) is 13.0 Å². The summed E-state index contributed by atoms with van der Waals surface area (Å²) < 4.78 is 5.57. The number of para-hydroxylation sites is 1. The highest BCUT2D eigenvalue weighted by molar-refractivity contribution is 5.84. The summed E-state index contributed by atoms with van der Waals surface area (Å²) in [6, 6.07) is 7.22. The molecule has 0 bridgehead atoms. The first kappa shape index (κ1) is 10.7. The predicted octanol–water partition coefficient (Wildman–Crippen LogP) is 1.62. The Kier molecular flexibility index (Phi) is 2.66. The molecule has 1 aromatic heterocycles. The van der Waals surface area contributed by atoms with Crippen molar-refractivity contribution < 1.29 is 9.21 Å². The Morgan fingerprint density at radius 2 is 2.12 bits per heavy atom. The maximum absolute atomic E-state index is 10.9. The number of aryl methyl sites for hydroxylation is 1. The summed E-state index contributed by atoms with van der Waals surface area (Å²) in [5.41, 5.74) is 12.7. The molecule has 1 amide bonds. The number of hydrogen-bond donors (Lipinski definition) is 2. The Bertz CT molecular complexity index is 531. The molecule has 0 fully saturated rings. The molecular weight excluding hydrogens is 204 g/mol. The van der Waals surface area contributed by atoms with Crippen molar-refractivity contribution >= 4 is 16.9 Å². The highest BCUT2D eigenvalue weighted by Crippen LogP contribution is 2.30. The third-order valence-corrected chi connectivity index (χ3v) is 2.61. The largest absolute Gasteiger partial charge is 0.461 e. The SMILES string of the molecule is Cc1oc2ccccc2c1C(N)CC(N)=O. The van der Waals surface area contributed by atoms with Crippen LogP contribution in [0.4, 0.5) is 0 Å². The molecule has 4 heteroatoms. The normalized spacial score (nSPS) is 12.9. The average Bonchev–Trinajstić information content (AvgIpc) is 2.52. The van der Waals surface area contributed by atoms with Crippen LogP contribution >= 0.6 is 0 Å². The van der Waals surface area contributed by atoms with Crippen molar-refractivity contribution in [2.45, 2.75) is 19.4 Å². The summed E-state index contributed by atoms with van der Waals surface area (Å²) in [6.07, 6.45) is 0.129. The van der Waals surface area contributed by atoms with Gasteiger partial charge in [0.1, 0.15) is 11.3 Å². The third-order valence-electron chi connectivity index (χ3n) is 2.61. The Labute approximate surface area is 93.2 Å². The van der Waals surface area contributed by atoms with E-state index in [1.807, 2.05) is 31.2 Å². The molecule has 2 rings (SSSR count). The zero-order chi connectivity index (χ0) is 11.7. The molecule has 0 aliphatic rings. The zero-order valence-corrected chi connectivity index (χ0v) is 9.07. The molecule has 0 aliphatic heterocycles. The lowest BCUT2D eigenvalue weighted by Crippen LogP contribution is -2.20. The molecule has 0 radical (unpaired) electrons. The van der Waals surface area contributed by atoms with Crippen LogP contribution < -0.4 is 11.5 Å². The van der Waals surface area contributed by atoms with Crippen molar-refractivity contribution in [1.29, 1.82) is 0 Å². The first-order valence-corrected chi connectivity index (χ1v) is 5.11. The minimum Gasteiger partial charge on any atom is -0.461 e. The minimum atomic E-state index is -0.405. The number of amides is 1. The maximum Gasteiger partial charge on any atom is 0.219 e. The lowest BCUT2D eigenvalue weighted by Gasteiger charge is -2.08. The van der Waals surface area contributed by atoms with Gasteiger partial charge in [-0.3, -0.25) is 4.79 Å². The highest BCUT2D eigenvalue weighted by atomic mass is 16.3. The molecule has 1 heterocycles. The van der Waals surface area contributed by atoms with Gasteiger partial charge >= 0.3 is 0 Å². The van der Waals surface area contributed by atoms with E-state index in [2.05, 4.69) is 0 Å².